The molecule has 0 radical (unpaired) electrons. The Balaban J connectivity index is 1.66. The number of nitrogens with zero attached hydrogens (tertiary/aromatic N) is 2. The van der Waals surface area contributed by atoms with Crippen LogP contribution in [0.3, 0.4) is 0 Å². The van der Waals surface area contributed by atoms with E-state index >= 15 is 0 Å². The van der Waals surface area contributed by atoms with Crippen LogP contribution in [0, 0.1) is 12.7 Å². The number of carbonyl (C=O) groups is 1. The highest BCUT2D eigenvalue weighted by Gasteiger charge is 2.31. The number of rotatable bonds is 7. The average molecular weight is 462 g/mol. The summed E-state index contributed by atoms with van der Waals surface area (Å²) in [7, 11) is 3.31. The van der Waals surface area contributed by atoms with Crippen molar-refractivity contribution in [2.45, 2.75) is 44.5 Å². The summed E-state index contributed by atoms with van der Waals surface area (Å²) < 4.78 is 31.3. The molecule has 2 N–H and O–H groups in total. The molecule has 3 aromatic rings. The third kappa shape index (κ3) is 4.52. The van der Waals surface area contributed by atoms with E-state index in [2.05, 4.69) is 15.3 Å². The molecular formula is C22H24FN3O5S. The molecule has 4 rings (SSSR count). The van der Waals surface area contributed by atoms with Crippen LogP contribution >= 0.6 is 11.3 Å². The maximum Gasteiger partial charge on any atom is 0.346 e. The predicted octanol–water partition coefficient (Wildman–Crippen LogP) is 4.54. The van der Waals surface area contributed by atoms with E-state index in [4.69, 9.17) is 14.2 Å². The monoisotopic (exact) mass is 461 g/mol. The number of aromatic carboxylic acids is 1. The quantitative estimate of drug-likeness (QED) is 0.529. The Morgan fingerprint density at radius 1 is 1.16 bits per heavy atom. The smallest absolute Gasteiger partial charge is 0.346 e. The van der Waals surface area contributed by atoms with Crippen LogP contribution in [0.25, 0.3) is 10.2 Å². The van der Waals surface area contributed by atoms with Gasteiger partial charge in [-0.25, -0.2) is 19.2 Å². The zero-order valence-electron chi connectivity index (χ0n) is 17.9. The number of aromatic nitrogens is 2. The van der Waals surface area contributed by atoms with Crippen molar-refractivity contribution < 1.29 is 28.5 Å². The highest BCUT2D eigenvalue weighted by atomic mass is 32.1. The summed E-state index contributed by atoms with van der Waals surface area (Å²) in [4.78, 5) is 20.8. The number of ether oxygens (including phenoxy) is 3. The fourth-order valence-electron chi connectivity index (χ4n) is 4.02. The number of thiophene rings is 1. The molecule has 0 saturated heterocycles. The minimum absolute atomic E-state index is 0.00643. The van der Waals surface area contributed by atoms with E-state index in [1.807, 2.05) is 0 Å². The first-order valence-corrected chi connectivity index (χ1v) is 11.0. The van der Waals surface area contributed by atoms with E-state index in [0.717, 1.165) is 17.8 Å². The average Bonchev–Trinajstić information content (AvgIpc) is 3.13. The van der Waals surface area contributed by atoms with Crippen molar-refractivity contribution in [1.29, 1.82) is 0 Å². The number of nitrogens with one attached hydrogen (secondary N) is 1. The van der Waals surface area contributed by atoms with Crippen molar-refractivity contribution in [3.05, 3.63) is 40.8 Å². The Morgan fingerprint density at radius 2 is 1.84 bits per heavy atom. The molecule has 1 aliphatic rings. The molecule has 2 heterocycles. The lowest BCUT2D eigenvalue weighted by atomic mass is 9.92. The highest BCUT2D eigenvalue weighted by Crippen LogP contribution is 2.37. The van der Waals surface area contributed by atoms with Crippen LogP contribution < -0.4 is 10.1 Å². The van der Waals surface area contributed by atoms with Crippen LogP contribution in [-0.4, -0.2) is 53.6 Å². The fraction of sp³-hybridized carbons (Fsp3) is 0.409. The molecule has 32 heavy (non-hydrogen) atoms. The standard InChI is InChI=1S/C22H24FN3O5S/c1-11-18-20(24-10-25-21(18)32-19(11)22(27)28)26-16-5-4-12(23)6-17(16)31-15-8-13(29-2)7-14(9-15)30-3/h4-6,10,13-15H,7-9H2,1-3H3,(H,27,28)(H,24,25,26)/t13-,14+,15?. The fourth-order valence-corrected chi connectivity index (χ4v) is 5.01. The summed E-state index contributed by atoms with van der Waals surface area (Å²) in [6.45, 7) is 1.72. The van der Waals surface area contributed by atoms with Crippen molar-refractivity contribution >= 4 is 39.0 Å². The van der Waals surface area contributed by atoms with Crippen molar-refractivity contribution in [2.75, 3.05) is 19.5 Å². The number of fused-ring (bicyclic) bond motifs is 1. The van der Waals surface area contributed by atoms with Gasteiger partial charge in [0, 0.05) is 39.5 Å². The summed E-state index contributed by atoms with van der Waals surface area (Å²) in [6.07, 6.45) is 3.24. The second-order valence-electron chi connectivity index (χ2n) is 7.69. The Labute approximate surface area is 188 Å². The van der Waals surface area contributed by atoms with Gasteiger partial charge >= 0.3 is 5.97 Å². The van der Waals surface area contributed by atoms with Gasteiger partial charge in [0.05, 0.1) is 23.3 Å². The van der Waals surface area contributed by atoms with Gasteiger partial charge in [0.25, 0.3) is 0 Å². The Bertz CT molecular complexity index is 1130. The molecule has 1 aromatic carbocycles. The number of benzene rings is 1. The lowest BCUT2D eigenvalue weighted by Crippen LogP contribution is -2.38. The first-order valence-electron chi connectivity index (χ1n) is 10.2. The largest absolute Gasteiger partial charge is 0.488 e. The SMILES string of the molecule is CO[C@@H]1CC(Oc2cc(F)ccc2Nc2ncnc3sc(C(=O)O)c(C)c23)C[C@H](OC)C1. The second kappa shape index (κ2) is 9.35. The van der Waals surface area contributed by atoms with Crippen LogP contribution in [0.15, 0.2) is 24.5 Å². The number of hydrogen-bond donors (Lipinski definition) is 2. The molecule has 1 saturated carbocycles. The number of aryl methyl sites for hydroxylation is 1. The molecular weight excluding hydrogens is 437 g/mol. The van der Waals surface area contributed by atoms with Crippen LogP contribution in [0.2, 0.25) is 0 Å². The number of carboxylic acids is 1. The van der Waals surface area contributed by atoms with Crippen LogP contribution in [0.1, 0.15) is 34.5 Å². The van der Waals surface area contributed by atoms with Gasteiger partial charge in [0.15, 0.2) is 0 Å². The molecule has 0 amide bonds. The minimum atomic E-state index is -1.01. The summed E-state index contributed by atoms with van der Waals surface area (Å²) in [5, 5.41) is 13.2. The van der Waals surface area contributed by atoms with Crippen molar-refractivity contribution in [1.82, 2.24) is 9.97 Å². The van der Waals surface area contributed by atoms with E-state index in [1.165, 1.54) is 18.5 Å². The van der Waals surface area contributed by atoms with E-state index in [1.54, 1.807) is 27.2 Å². The summed E-state index contributed by atoms with van der Waals surface area (Å²) in [6, 6.07) is 4.22. The third-order valence-corrected chi connectivity index (χ3v) is 6.84. The first kappa shape index (κ1) is 22.4. The zero-order chi connectivity index (χ0) is 22.8. The van der Waals surface area contributed by atoms with Crippen LogP contribution in [0.4, 0.5) is 15.9 Å². The third-order valence-electron chi connectivity index (χ3n) is 5.66. The summed E-state index contributed by atoms with van der Waals surface area (Å²) in [5.74, 6) is -0.679. The molecule has 0 aliphatic heterocycles. The molecule has 2 aromatic heterocycles. The number of methoxy groups -OCH3 is 2. The maximum atomic E-state index is 14.1. The normalized spacial score (nSPS) is 20.9. The predicted molar refractivity (Wildman–Crippen MR) is 119 cm³/mol. The molecule has 8 nitrogen and oxygen atoms in total. The molecule has 1 fully saturated rings. The molecule has 1 aliphatic carbocycles. The summed E-state index contributed by atoms with van der Waals surface area (Å²) in [5.41, 5.74) is 1.09. The second-order valence-corrected chi connectivity index (χ2v) is 8.69. The molecule has 0 spiro atoms. The van der Waals surface area contributed by atoms with Crippen molar-refractivity contribution in [3.63, 3.8) is 0 Å². The minimum Gasteiger partial charge on any atom is -0.488 e. The van der Waals surface area contributed by atoms with E-state index < -0.39 is 11.8 Å². The van der Waals surface area contributed by atoms with Gasteiger partial charge in [-0.1, -0.05) is 0 Å². The number of halogens is 1. The van der Waals surface area contributed by atoms with Gasteiger partial charge in [-0.2, -0.15) is 0 Å². The zero-order valence-corrected chi connectivity index (χ0v) is 18.7. The first-order chi connectivity index (χ1) is 15.4. The lowest BCUT2D eigenvalue weighted by molar-refractivity contribution is -0.0498. The number of carboxylic acid groups (broad SMARTS) is 1. The van der Waals surface area contributed by atoms with Crippen molar-refractivity contribution in [3.8, 4) is 5.75 Å². The Morgan fingerprint density at radius 3 is 2.50 bits per heavy atom. The highest BCUT2D eigenvalue weighted by molar-refractivity contribution is 7.20. The lowest BCUT2D eigenvalue weighted by Gasteiger charge is -2.34. The number of hydrogen-bond acceptors (Lipinski definition) is 8. The van der Waals surface area contributed by atoms with Gasteiger partial charge in [-0.15, -0.1) is 11.3 Å². The van der Waals surface area contributed by atoms with Gasteiger partial charge < -0.3 is 24.6 Å². The Hall–Kier alpha value is -2.82. The molecule has 10 heteroatoms. The van der Waals surface area contributed by atoms with Gasteiger partial charge in [0.2, 0.25) is 0 Å². The maximum absolute atomic E-state index is 14.1. The van der Waals surface area contributed by atoms with Crippen LogP contribution in [0.5, 0.6) is 5.75 Å². The molecule has 170 valence electrons. The van der Waals surface area contributed by atoms with Gasteiger partial charge in [-0.3, -0.25) is 0 Å². The molecule has 3 atom stereocenters. The molecule has 1 unspecified atom stereocenters. The van der Waals surface area contributed by atoms with Crippen molar-refractivity contribution in [2.24, 2.45) is 0 Å². The van der Waals surface area contributed by atoms with Gasteiger partial charge in [-0.05, 0) is 24.6 Å². The topological polar surface area (TPSA) is 103 Å². The Kier molecular flexibility index (Phi) is 6.54. The van der Waals surface area contributed by atoms with E-state index in [0.29, 0.717) is 45.9 Å². The van der Waals surface area contributed by atoms with Gasteiger partial charge in [0.1, 0.15) is 39.5 Å². The van der Waals surface area contributed by atoms with E-state index in [9.17, 15) is 14.3 Å². The summed E-state index contributed by atoms with van der Waals surface area (Å²) >= 11 is 1.09. The number of anilines is 2. The molecule has 0 bridgehead atoms. The van der Waals surface area contributed by atoms with Crippen LogP contribution in [-0.2, 0) is 9.47 Å². The van der Waals surface area contributed by atoms with E-state index in [-0.39, 0.29) is 23.2 Å².